The van der Waals surface area contributed by atoms with Crippen molar-refractivity contribution in [3.05, 3.63) is 66.7 Å². The van der Waals surface area contributed by atoms with E-state index in [0.29, 0.717) is 11.6 Å². The van der Waals surface area contributed by atoms with Gasteiger partial charge in [0.05, 0.1) is 7.11 Å². The van der Waals surface area contributed by atoms with Crippen molar-refractivity contribution in [2.75, 3.05) is 25.1 Å². The number of hydrogen-bond donors (Lipinski definition) is 0. The predicted octanol–water partition coefficient (Wildman–Crippen LogP) is 4.72. The second kappa shape index (κ2) is 7.13. The molecule has 0 aliphatic carbocycles. The van der Waals surface area contributed by atoms with Crippen LogP contribution < -0.4 is 9.64 Å². The Morgan fingerprint density at radius 2 is 1.79 bits per heavy atom. The van der Waals surface area contributed by atoms with Gasteiger partial charge in [0.2, 0.25) is 0 Å². The number of halogens is 1. The van der Waals surface area contributed by atoms with Gasteiger partial charge in [-0.3, -0.25) is 4.98 Å². The summed E-state index contributed by atoms with van der Waals surface area (Å²) in [4.78, 5) is 16.1. The first kappa shape index (κ1) is 17.6. The molecule has 5 nitrogen and oxygen atoms in total. The van der Waals surface area contributed by atoms with E-state index in [9.17, 15) is 4.39 Å². The summed E-state index contributed by atoms with van der Waals surface area (Å²) >= 11 is 0. The molecule has 0 N–H and O–H groups in total. The van der Waals surface area contributed by atoms with Gasteiger partial charge in [-0.05, 0) is 53.9 Å². The van der Waals surface area contributed by atoms with Crippen molar-refractivity contribution in [2.24, 2.45) is 0 Å². The molecule has 0 spiro atoms. The maximum absolute atomic E-state index is 13.4. The van der Waals surface area contributed by atoms with Crippen LogP contribution in [0, 0.1) is 5.82 Å². The summed E-state index contributed by atoms with van der Waals surface area (Å²) in [6, 6.07) is 14.3. The third kappa shape index (κ3) is 3.16. The fourth-order valence-corrected chi connectivity index (χ4v) is 3.54. The van der Waals surface area contributed by atoms with E-state index < -0.39 is 0 Å². The van der Waals surface area contributed by atoms with Gasteiger partial charge in [0.1, 0.15) is 22.9 Å². The van der Waals surface area contributed by atoms with Crippen LogP contribution in [0.25, 0.3) is 33.4 Å². The highest BCUT2D eigenvalue weighted by molar-refractivity contribution is 5.98. The molecule has 1 aliphatic rings. The van der Waals surface area contributed by atoms with E-state index >= 15 is 0 Å². The van der Waals surface area contributed by atoms with Gasteiger partial charge in [0, 0.05) is 36.4 Å². The van der Waals surface area contributed by atoms with Crippen LogP contribution in [-0.2, 0) is 0 Å². The second-order valence-corrected chi connectivity index (χ2v) is 7.03. The number of anilines is 1. The molecule has 0 unspecified atom stereocenters. The van der Waals surface area contributed by atoms with Gasteiger partial charge < -0.3 is 9.64 Å². The third-order valence-corrected chi connectivity index (χ3v) is 5.22. The molecule has 2 aromatic carbocycles. The zero-order valence-corrected chi connectivity index (χ0v) is 16.0. The van der Waals surface area contributed by atoms with E-state index in [-0.39, 0.29) is 5.82 Å². The standard InChI is InChI=1S/C23H19FN4O/c1-29-20-13-17(15-5-7-18(24)8-6-15)12-19-21(20)26-22(16-4-2-9-25-14-16)27-23(19)28-10-3-11-28/h2,4-9,12-14H,3,10-11H2,1H3. The number of hydrogen-bond acceptors (Lipinski definition) is 5. The van der Waals surface area contributed by atoms with Crippen molar-refractivity contribution in [3.63, 3.8) is 0 Å². The molecule has 0 saturated carbocycles. The van der Waals surface area contributed by atoms with Crippen molar-refractivity contribution < 1.29 is 9.13 Å². The minimum Gasteiger partial charge on any atom is -0.494 e. The Bertz CT molecular complexity index is 1180. The van der Waals surface area contributed by atoms with Crippen LogP contribution in [-0.4, -0.2) is 35.2 Å². The number of pyridine rings is 1. The Kier molecular flexibility index (Phi) is 4.31. The molecule has 1 fully saturated rings. The zero-order valence-electron chi connectivity index (χ0n) is 16.0. The highest BCUT2D eigenvalue weighted by Crippen LogP contribution is 2.38. The smallest absolute Gasteiger partial charge is 0.163 e. The molecule has 0 bridgehead atoms. The van der Waals surface area contributed by atoms with Crippen LogP contribution in [0.1, 0.15) is 6.42 Å². The lowest BCUT2D eigenvalue weighted by Gasteiger charge is -2.33. The Hall–Kier alpha value is -3.54. The van der Waals surface area contributed by atoms with Crippen LogP contribution in [0.3, 0.4) is 0 Å². The molecule has 0 atom stereocenters. The van der Waals surface area contributed by atoms with E-state index in [1.54, 1.807) is 31.6 Å². The molecule has 6 heteroatoms. The van der Waals surface area contributed by atoms with Crippen molar-refractivity contribution in [1.82, 2.24) is 15.0 Å². The first-order valence-electron chi connectivity index (χ1n) is 9.54. The first-order valence-corrected chi connectivity index (χ1v) is 9.54. The predicted molar refractivity (Wildman–Crippen MR) is 112 cm³/mol. The lowest BCUT2D eigenvalue weighted by molar-refractivity contribution is 0.419. The molecule has 4 aromatic rings. The molecule has 0 radical (unpaired) electrons. The molecule has 5 rings (SSSR count). The molecule has 29 heavy (non-hydrogen) atoms. The van der Waals surface area contributed by atoms with E-state index in [1.165, 1.54) is 12.1 Å². The molecule has 144 valence electrons. The maximum atomic E-state index is 13.4. The molecule has 1 saturated heterocycles. The molecular formula is C23H19FN4O. The summed E-state index contributed by atoms with van der Waals surface area (Å²) < 4.78 is 19.1. The third-order valence-electron chi connectivity index (χ3n) is 5.22. The van der Waals surface area contributed by atoms with Crippen LogP contribution in [0.4, 0.5) is 10.2 Å². The molecular weight excluding hydrogens is 367 g/mol. The van der Waals surface area contributed by atoms with Crippen LogP contribution in [0.15, 0.2) is 60.9 Å². The van der Waals surface area contributed by atoms with Crippen molar-refractivity contribution in [1.29, 1.82) is 0 Å². The van der Waals surface area contributed by atoms with Crippen LogP contribution in [0.2, 0.25) is 0 Å². The average molecular weight is 386 g/mol. The zero-order chi connectivity index (χ0) is 19.8. The van der Waals surface area contributed by atoms with Crippen LogP contribution >= 0.6 is 0 Å². The molecule has 2 aromatic heterocycles. The van der Waals surface area contributed by atoms with Gasteiger partial charge in [0.15, 0.2) is 5.82 Å². The Labute approximate surface area is 167 Å². The SMILES string of the molecule is COc1cc(-c2ccc(F)cc2)cc2c(N3CCC3)nc(-c3cccnc3)nc12. The number of rotatable bonds is 4. The van der Waals surface area contributed by atoms with Crippen LogP contribution in [0.5, 0.6) is 5.75 Å². The highest BCUT2D eigenvalue weighted by Gasteiger charge is 2.22. The summed E-state index contributed by atoms with van der Waals surface area (Å²) in [5, 5.41) is 0.927. The summed E-state index contributed by atoms with van der Waals surface area (Å²) in [6.45, 7) is 1.92. The van der Waals surface area contributed by atoms with Gasteiger partial charge in [-0.15, -0.1) is 0 Å². The topological polar surface area (TPSA) is 51.1 Å². The second-order valence-electron chi connectivity index (χ2n) is 7.03. The lowest BCUT2D eigenvalue weighted by Crippen LogP contribution is -2.37. The summed E-state index contributed by atoms with van der Waals surface area (Å²) in [6.07, 6.45) is 4.64. The molecule has 0 amide bonds. The first-order chi connectivity index (χ1) is 14.2. The van der Waals surface area contributed by atoms with Gasteiger partial charge >= 0.3 is 0 Å². The molecule has 3 heterocycles. The normalized spacial score (nSPS) is 13.4. The fraction of sp³-hybridized carbons (Fsp3) is 0.174. The average Bonchev–Trinajstić information content (AvgIpc) is 2.73. The maximum Gasteiger partial charge on any atom is 0.163 e. The van der Waals surface area contributed by atoms with Gasteiger partial charge in [-0.1, -0.05) is 12.1 Å². The van der Waals surface area contributed by atoms with Gasteiger partial charge in [-0.25, -0.2) is 14.4 Å². The number of ether oxygens (including phenoxy) is 1. The number of methoxy groups -OCH3 is 1. The van der Waals surface area contributed by atoms with E-state index in [0.717, 1.165) is 52.9 Å². The monoisotopic (exact) mass is 386 g/mol. The Morgan fingerprint density at radius 1 is 0.966 bits per heavy atom. The lowest BCUT2D eigenvalue weighted by atomic mass is 10.0. The minimum atomic E-state index is -0.257. The quantitative estimate of drug-likeness (QED) is 0.508. The van der Waals surface area contributed by atoms with E-state index in [1.807, 2.05) is 18.2 Å². The van der Waals surface area contributed by atoms with Crippen molar-refractivity contribution >= 4 is 16.7 Å². The number of fused-ring (bicyclic) bond motifs is 1. The van der Waals surface area contributed by atoms with Gasteiger partial charge in [-0.2, -0.15) is 0 Å². The minimum absolute atomic E-state index is 0.257. The summed E-state index contributed by atoms with van der Waals surface area (Å²) in [7, 11) is 1.64. The Balaban J connectivity index is 1.76. The van der Waals surface area contributed by atoms with Crippen molar-refractivity contribution in [3.8, 4) is 28.3 Å². The number of aromatic nitrogens is 3. The summed E-state index contributed by atoms with van der Waals surface area (Å²) in [5.41, 5.74) is 3.47. The summed E-state index contributed by atoms with van der Waals surface area (Å²) in [5.74, 6) is 1.92. The highest BCUT2D eigenvalue weighted by atomic mass is 19.1. The van der Waals surface area contributed by atoms with Crippen molar-refractivity contribution in [2.45, 2.75) is 6.42 Å². The number of benzene rings is 2. The van der Waals surface area contributed by atoms with E-state index in [4.69, 9.17) is 14.7 Å². The Morgan fingerprint density at radius 3 is 2.45 bits per heavy atom. The fourth-order valence-electron chi connectivity index (χ4n) is 3.54. The molecule has 1 aliphatic heterocycles. The number of nitrogens with zero attached hydrogens (tertiary/aromatic N) is 4. The largest absolute Gasteiger partial charge is 0.494 e. The van der Waals surface area contributed by atoms with Gasteiger partial charge in [0.25, 0.3) is 0 Å². The van der Waals surface area contributed by atoms with E-state index in [2.05, 4.69) is 16.0 Å².